The maximum Gasteiger partial charge on any atom is 0.453 e. The van der Waals surface area contributed by atoms with Gasteiger partial charge in [-0.05, 0) is 83.0 Å². The van der Waals surface area contributed by atoms with Gasteiger partial charge < -0.3 is 10.6 Å². The van der Waals surface area contributed by atoms with Crippen LogP contribution in [0, 0.1) is 6.92 Å². The maximum atomic E-state index is 13.6. The number of aromatic nitrogens is 7. The molecule has 11 nitrogen and oxygen atoms in total. The number of hydrogen-bond donors (Lipinski definition) is 2. The molecule has 0 aliphatic heterocycles. The van der Waals surface area contributed by atoms with Crippen LogP contribution in [0.5, 0.6) is 0 Å². The van der Waals surface area contributed by atoms with E-state index >= 15 is 0 Å². The number of nitrogens with zero attached hydrogens (tertiary/aromatic N) is 7. The third-order valence-electron chi connectivity index (χ3n) is 5.23. The van der Waals surface area contributed by atoms with E-state index in [-0.39, 0.29) is 34.5 Å². The van der Waals surface area contributed by atoms with Gasteiger partial charge in [0.1, 0.15) is 5.69 Å². The number of hydrogen-bond acceptors (Lipinski definition) is 7. The molecule has 0 atom stereocenters. The highest BCUT2D eigenvalue weighted by Crippen LogP contribution is 2.29. The fourth-order valence-corrected chi connectivity index (χ4v) is 4.63. The Morgan fingerprint density at radius 1 is 1.13 bits per heavy atom. The molecule has 4 aromatic rings. The lowest BCUT2D eigenvalue weighted by Crippen LogP contribution is -2.31. The van der Waals surface area contributed by atoms with Crippen LogP contribution in [0.2, 0.25) is 0 Å². The molecule has 2 N–H and O–H groups in total. The minimum Gasteiger partial charge on any atom is -0.350 e. The van der Waals surface area contributed by atoms with Crippen molar-refractivity contribution >= 4 is 49.4 Å². The van der Waals surface area contributed by atoms with E-state index in [4.69, 9.17) is 0 Å². The summed E-state index contributed by atoms with van der Waals surface area (Å²) in [5.74, 6) is -2.17. The Kier molecular flexibility index (Phi) is 8.15. The molecule has 2 amide bonds. The van der Waals surface area contributed by atoms with Crippen LogP contribution in [-0.4, -0.2) is 52.8 Å². The van der Waals surface area contributed by atoms with Crippen molar-refractivity contribution in [2.75, 3.05) is 5.32 Å². The molecule has 0 spiro atoms. The Morgan fingerprint density at radius 3 is 2.54 bits per heavy atom. The van der Waals surface area contributed by atoms with E-state index in [0.29, 0.717) is 19.2 Å². The second-order valence-corrected chi connectivity index (χ2v) is 10.4. The van der Waals surface area contributed by atoms with Crippen LogP contribution in [0.25, 0.3) is 5.82 Å². The van der Waals surface area contributed by atoms with E-state index < -0.39 is 30.4 Å². The van der Waals surface area contributed by atoms with Crippen molar-refractivity contribution in [3.8, 4) is 5.82 Å². The molecule has 0 aliphatic rings. The number of rotatable bonds is 7. The molecular formula is C23H20Br2F3N9O2. The van der Waals surface area contributed by atoms with Crippen molar-refractivity contribution in [3.05, 3.63) is 73.8 Å². The summed E-state index contributed by atoms with van der Waals surface area (Å²) in [6.45, 7) is 4.86. The first-order valence-electron chi connectivity index (χ1n) is 11.3. The average Bonchev–Trinajstić information content (AvgIpc) is 3.48. The van der Waals surface area contributed by atoms with Crippen LogP contribution >= 0.6 is 31.9 Å². The Morgan fingerprint density at radius 2 is 1.87 bits per heavy atom. The van der Waals surface area contributed by atoms with Gasteiger partial charge in [-0.3, -0.25) is 9.59 Å². The van der Waals surface area contributed by atoms with Crippen LogP contribution in [0.4, 0.5) is 18.9 Å². The number of halogens is 5. The summed E-state index contributed by atoms with van der Waals surface area (Å²) in [6.07, 6.45) is -3.32. The molecule has 1 aromatic carbocycles. The largest absolute Gasteiger partial charge is 0.453 e. The lowest BCUT2D eigenvalue weighted by molar-refractivity contribution is -0.147. The number of carbonyl (C=O) groups excluding carboxylic acids is 2. The molecule has 0 saturated heterocycles. The number of amides is 2. The summed E-state index contributed by atoms with van der Waals surface area (Å²) >= 11 is 6.74. The van der Waals surface area contributed by atoms with E-state index in [0.717, 1.165) is 0 Å². The van der Waals surface area contributed by atoms with Crippen molar-refractivity contribution in [1.82, 2.24) is 40.3 Å². The number of nitrogens with one attached hydrogen (secondary N) is 2. The predicted molar refractivity (Wildman–Crippen MR) is 140 cm³/mol. The minimum absolute atomic E-state index is 0.0523. The predicted octanol–water partition coefficient (Wildman–Crippen LogP) is 4.54. The second kappa shape index (κ2) is 11.2. The molecular weight excluding hydrogens is 651 g/mol. The van der Waals surface area contributed by atoms with Gasteiger partial charge in [0.2, 0.25) is 0 Å². The third-order valence-corrected chi connectivity index (χ3v) is 6.31. The number of carbonyl (C=O) groups is 2. The van der Waals surface area contributed by atoms with Gasteiger partial charge in [0, 0.05) is 16.7 Å². The highest BCUT2D eigenvalue weighted by molar-refractivity contribution is 9.10. The molecule has 0 radical (unpaired) electrons. The van der Waals surface area contributed by atoms with Crippen LogP contribution in [-0.2, 0) is 12.7 Å². The van der Waals surface area contributed by atoms with Crippen LogP contribution in [0.1, 0.15) is 51.8 Å². The first-order chi connectivity index (χ1) is 18.3. The van der Waals surface area contributed by atoms with E-state index in [1.807, 2.05) is 0 Å². The molecule has 3 aromatic heterocycles. The molecule has 0 aliphatic carbocycles. The maximum absolute atomic E-state index is 13.6. The van der Waals surface area contributed by atoms with Gasteiger partial charge in [-0.25, -0.2) is 14.3 Å². The Hall–Kier alpha value is -3.66. The number of benzene rings is 1. The number of aryl methyl sites for hydroxylation is 1. The number of pyridine rings is 1. The quantitative estimate of drug-likeness (QED) is 0.295. The molecule has 0 fully saturated rings. The molecule has 4 rings (SSSR count). The van der Waals surface area contributed by atoms with Crippen molar-refractivity contribution in [1.29, 1.82) is 0 Å². The molecule has 3 heterocycles. The Bertz CT molecular complexity index is 1550. The SMILES string of the molecule is Cc1cc(Br)cc(C(=O)NC(C)C)c1NC(=O)c1cc(Cn2nnnc2C(F)(F)F)nn1-c1ncccc1Br. The van der Waals surface area contributed by atoms with Gasteiger partial charge >= 0.3 is 6.18 Å². The van der Waals surface area contributed by atoms with Crippen LogP contribution < -0.4 is 10.6 Å². The summed E-state index contributed by atoms with van der Waals surface area (Å²) in [4.78, 5) is 30.8. The van der Waals surface area contributed by atoms with Gasteiger partial charge in [0.25, 0.3) is 17.6 Å². The molecule has 39 heavy (non-hydrogen) atoms. The first-order valence-corrected chi connectivity index (χ1v) is 12.9. The molecule has 0 unspecified atom stereocenters. The standard InChI is InChI=1S/C23H20Br2F3N9O2/c1-11(2)30-20(38)15-8-13(24)7-12(3)18(15)31-21(39)17-9-14(10-36-22(23(26,27)28)32-34-35-36)33-37(17)19-16(25)5-4-6-29-19/h4-9,11H,10H2,1-3H3,(H,30,38)(H,31,39). The van der Waals surface area contributed by atoms with E-state index in [2.05, 4.69) is 68.1 Å². The lowest BCUT2D eigenvalue weighted by Gasteiger charge is -2.16. The minimum atomic E-state index is -4.79. The fourth-order valence-electron chi connectivity index (χ4n) is 3.64. The smallest absolute Gasteiger partial charge is 0.350 e. The molecule has 0 bridgehead atoms. The summed E-state index contributed by atoms with van der Waals surface area (Å²) < 4.78 is 42.7. The molecule has 204 valence electrons. The highest BCUT2D eigenvalue weighted by Gasteiger charge is 2.38. The van der Waals surface area contributed by atoms with E-state index in [1.165, 1.54) is 16.9 Å². The number of anilines is 1. The number of tetrazole rings is 1. The molecule has 16 heteroatoms. The van der Waals surface area contributed by atoms with Crippen LogP contribution in [0.15, 0.2) is 45.5 Å². The average molecular weight is 671 g/mol. The zero-order valence-corrected chi connectivity index (χ0v) is 23.8. The zero-order valence-electron chi connectivity index (χ0n) is 20.6. The molecule has 0 saturated carbocycles. The summed E-state index contributed by atoms with van der Waals surface area (Å²) in [7, 11) is 0. The normalized spacial score (nSPS) is 11.6. The van der Waals surface area contributed by atoms with Crippen molar-refractivity contribution in [2.45, 2.75) is 39.5 Å². The van der Waals surface area contributed by atoms with Gasteiger partial charge in [0.05, 0.1) is 28.0 Å². The van der Waals surface area contributed by atoms with Crippen molar-refractivity contribution in [3.63, 3.8) is 0 Å². The second-order valence-electron chi connectivity index (χ2n) is 8.63. The zero-order chi connectivity index (χ0) is 28.5. The number of alkyl halides is 3. The van der Waals surface area contributed by atoms with Gasteiger partial charge in [0.15, 0.2) is 5.82 Å². The van der Waals surface area contributed by atoms with Crippen LogP contribution in [0.3, 0.4) is 0 Å². The van der Waals surface area contributed by atoms with Gasteiger partial charge in [-0.2, -0.15) is 18.3 Å². The summed E-state index contributed by atoms with van der Waals surface area (Å²) in [5.41, 5.74) is 1.08. The van der Waals surface area contributed by atoms with Gasteiger partial charge in [-0.15, -0.1) is 5.10 Å². The summed E-state index contributed by atoms with van der Waals surface area (Å²) in [6, 6.07) is 7.78. The first kappa shape index (κ1) is 28.4. The van der Waals surface area contributed by atoms with E-state index in [1.54, 1.807) is 45.0 Å². The Balaban J connectivity index is 1.77. The fraction of sp³-hybridized carbons (Fsp3) is 0.261. The summed E-state index contributed by atoms with van der Waals surface area (Å²) in [5, 5.41) is 19.4. The topological polar surface area (TPSA) is 133 Å². The van der Waals surface area contributed by atoms with Crippen molar-refractivity contribution < 1.29 is 22.8 Å². The Labute approximate surface area is 236 Å². The van der Waals surface area contributed by atoms with Crippen molar-refractivity contribution in [2.24, 2.45) is 0 Å². The third kappa shape index (κ3) is 6.33. The van der Waals surface area contributed by atoms with Gasteiger partial charge in [-0.1, -0.05) is 15.9 Å². The van der Waals surface area contributed by atoms with E-state index in [9.17, 15) is 22.8 Å². The lowest BCUT2D eigenvalue weighted by atomic mass is 10.1. The monoisotopic (exact) mass is 669 g/mol. The highest BCUT2D eigenvalue weighted by atomic mass is 79.9.